The summed E-state index contributed by atoms with van der Waals surface area (Å²) in [5, 5.41) is 10.5. The van der Waals surface area contributed by atoms with E-state index in [4.69, 9.17) is 4.74 Å². The summed E-state index contributed by atoms with van der Waals surface area (Å²) in [6.07, 6.45) is 9.39. The third-order valence-electron chi connectivity index (χ3n) is 8.62. The Morgan fingerprint density at radius 2 is 1.93 bits per heavy atom. The third kappa shape index (κ3) is 3.34. The first kappa shape index (κ1) is 20.1. The van der Waals surface area contributed by atoms with E-state index in [1.165, 1.54) is 19.1 Å². The van der Waals surface area contributed by atoms with Crippen molar-refractivity contribution in [2.45, 2.75) is 83.8 Å². The lowest BCUT2D eigenvalue weighted by molar-refractivity contribution is -0.135. The van der Waals surface area contributed by atoms with Crippen LogP contribution in [0.2, 0.25) is 0 Å². The number of carbonyl (C=O) groups excluding carboxylic acids is 2. The van der Waals surface area contributed by atoms with Gasteiger partial charge in [0.25, 0.3) is 0 Å². The summed E-state index contributed by atoms with van der Waals surface area (Å²) in [4.78, 5) is 29.2. The molecule has 1 unspecified atom stereocenters. The van der Waals surface area contributed by atoms with Crippen LogP contribution >= 0.6 is 0 Å². The number of esters is 1. The fourth-order valence-corrected chi connectivity index (χ4v) is 7.33. The quantitative estimate of drug-likeness (QED) is 0.591. The number of ether oxygens (including phenoxy) is 1. The minimum atomic E-state index is -0.493. The number of hydrogen-bond donors (Lipinski definition) is 1. The van der Waals surface area contributed by atoms with Crippen LogP contribution in [0.15, 0.2) is 4.99 Å². The number of hydrogen-bond acceptors (Lipinski definition) is 5. The Kier molecular flexibility index (Phi) is 5.18. The summed E-state index contributed by atoms with van der Waals surface area (Å²) in [5.74, 6) is 2.78. The van der Waals surface area contributed by atoms with Crippen molar-refractivity contribution in [3.63, 3.8) is 0 Å². The normalized spacial score (nSPS) is 48.1. The molecule has 4 rings (SSSR count). The van der Waals surface area contributed by atoms with Gasteiger partial charge in [0.1, 0.15) is 12.3 Å². The Hall–Kier alpha value is -1.23. The van der Waals surface area contributed by atoms with Crippen molar-refractivity contribution >= 4 is 18.0 Å². The summed E-state index contributed by atoms with van der Waals surface area (Å²) in [5.41, 5.74) is -0.780. The highest BCUT2D eigenvalue weighted by Gasteiger charge is 2.60. The number of Topliss-reactive ketones (excluding diaryl/α,β-unsaturated/α-hetero) is 1. The van der Waals surface area contributed by atoms with Crippen molar-refractivity contribution in [3.8, 4) is 0 Å². The van der Waals surface area contributed by atoms with Crippen molar-refractivity contribution in [2.24, 2.45) is 40.0 Å². The van der Waals surface area contributed by atoms with Crippen LogP contribution in [-0.4, -0.2) is 41.3 Å². The van der Waals surface area contributed by atoms with Gasteiger partial charge in [-0.2, -0.15) is 0 Å². The fraction of sp³-hybridized carbons (Fsp3) is 0.870. The Balaban J connectivity index is 1.50. The van der Waals surface area contributed by atoms with Crippen LogP contribution in [0.25, 0.3) is 0 Å². The summed E-state index contributed by atoms with van der Waals surface area (Å²) < 4.78 is 4.92. The highest BCUT2D eigenvalue weighted by atomic mass is 16.5. The summed E-state index contributed by atoms with van der Waals surface area (Å²) in [6.45, 7) is 6.23. The molecule has 4 fully saturated rings. The molecule has 0 saturated heterocycles. The van der Waals surface area contributed by atoms with Crippen LogP contribution < -0.4 is 0 Å². The maximum absolute atomic E-state index is 13.2. The van der Waals surface area contributed by atoms with Gasteiger partial charge in [-0.15, -0.1) is 0 Å². The molecule has 0 amide bonds. The first-order valence-corrected chi connectivity index (χ1v) is 11.2. The third-order valence-corrected chi connectivity index (χ3v) is 8.62. The zero-order valence-electron chi connectivity index (χ0n) is 17.5. The van der Waals surface area contributed by atoms with Crippen molar-refractivity contribution in [3.05, 3.63) is 0 Å². The topological polar surface area (TPSA) is 76.0 Å². The average Bonchev–Trinajstić information content (AvgIpc) is 2.90. The molecule has 0 aliphatic heterocycles. The number of rotatable bonds is 3. The first-order valence-electron chi connectivity index (χ1n) is 11.2. The molecule has 0 spiro atoms. The molecule has 0 heterocycles. The van der Waals surface area contributed by atoms with Crippen LogP contribution in [0.4, 0.5) is 0 Å². The molecular weight excluding hydrogens is 354 g/mol. The van der Waals surface area contributed by atoms with E-state index in [1.807, 2.05) is 6.92 Å². The van der Waals surface area contributed by atoms with Gasteiger partial charge in [0.05, 0.1) is 12.2 Å². The molecule has 8 atom stereocenters. The monoisotopic (exact) mass is 389 g/mol. The fourth-order valence-electron chi connectivity index (χ4n) is 7.33. The molecule has 0 aromatic carbocycles. The summed E-state index contributed by atoms with van der Waals surface area (Å²) >= 11 is 0. The number of carbonyl (C=O) groups is 2. The number of ketones is 1. The average molecular weight is 390 g/mol. The molecule has 5 heteroatoms. The predicted octanol–water partition coefficient (Wildman–Crippen LogP) is 3.57. The van der Waals surface area contributed by atoms with Crippen LogP contribution in [0.3, 0.4) is 0 Å². The minimum Gasteiger partial charge on any atom is -0.462 e. The van der Waals surface area contributed by atoms with E-state index >= 15 is 0 Å². The van der Waals surface area contributed by atoms with Gasteiger partial charge in [0.15, 0.2) is 5.78 Å². The lowest BCUT2D eigenvalue weighted by Gasteiger charge is -2.55. The second-order valence-corrected chi connectivity index (χ2v) is 10.3. The zero-order valence-corrected chi connectivity index (χ0v) is 17.5. The standard InChI is InChI=1S/C23H35NO4/c1-4-28-20(25)13-24-19-11-18-17-6-5-14-12-22(2,27)9-7-15(14)16(17)8-10-23(18,3)21(19)26/h13-19,27H,4-12H2,1-3H3/b24-13-/t14-,15+,16-,17-,18+,19?,22-,23+/m1/s1. The molecule has 4 aliphatic carbocycles. The molecule has 0 aromatic heterocycles. The molecule has 28 heavy (non-hydrogen) atoms. The predicted molar refractivity (Wildman–Crippen MR) is 107 cm³/mol. The van der Waals surface area contributed by atoms with Crippen molar-refractivity contribution in [2.75, 3.05) is 6.61 Å². The van der Waals surface area contributed by atoms with E-state index < -0.39 is 11.6 Å². The van der Waals surface area contributed by atoms with E-state index in [9.17, 15) is 14.7 Å². The van der Waals surface area contributed by atoms with Crippen molar-refractivity contribution in [1.29, 1.82) is 0 Å². The van der Waals surface area contributed by atoms with E-state index in [-0.39, 0.29) is 17.2 Å². The minimum absolute atomic E-state index is 0.227. The van der Waals surface area contributed by atoms with Gasteiger partial charge >= 0.3 is 5.97 Å². The molecular formula is C23H35NO4. The second kappa shape index (κ2) is 7.23. The highest BCUT2D eigenvalue weighted by molar-refractivity contribution is 6.23. The summed E-state index contributed by atoms with van der Waals surface area (Å²) in [7, 11) is 0. The van der Waals surface area contributed by atoms with Crippen LogP contribution in [0.5, 0.6) is 0 Å². The molecule has 5 nitrogen and oxygen atoms in total. The molecule has 0 aromatic rings. The molecule has 1 N–H and O–H groups in total. The summed E-state index contributed by atoms with van der Waals surface area (Å²) in [6, 6.07) is -0.386. The van der Waals surface area contributed by atoms with E-state index in [0.717, 1.165) is 38.5 Å². The van der Waals surface area contributed by atoms with Crippen LogP contribution in [-0.2, 0) is 14.3 Å². The van der Waals surface area contributed by atoms with Gasteiger partial charge in [0.2, 0.25) is 0 Å². The zero-order chi connectivity index (χ0) is 20.1. The van der Waals surface area contributed by atoms with E-state index in [1.54, 1.807) is 6.92 Å². The van der Waals surface area contributed by atoms with Gasteiger partial charge < -0.3 is 9.84 Å². The number of fused-ring (bicyclic) bond motifs is 5. The largest absolute Gasteiger partial charge is 0.462 e. The molecule has 4 saturated carbocycles. The van der Waals surface area contributed by atoms with E-state index in [0.29, 0.717) is 36.2 Å². The lowest BCUT2D eigenvalue weighted by Crippen LogP contribution is -2.50. The number of aliphatic imine (C=N–C) groups is 1. The van der Waals surface area contributed by atoms with E-state index in [2.05, 4.69) is 11.9 Å². The Bertz CT molecular complexity index is 672. The number of aliphatic hydroxyl groups is 1. The maximum Gasteiger partial charge on any atom is 0.348 e. The number of nitrogens with zero attached hydrogens (tertiary/aromatic N) is 1. The van der Waals surface area contributed by atoms with Crippen LogP contribution in [0, 0.1) is 35.0 Å². The Morgan fingerprint density at radius 1 is 1.18 bits per heavy atom. The maximum atomic E-state index is 13.2. The lowest BCUT2D eigenvalue weighted by atomic mass is 9.50. The van der Waals surface area contributed by atoms with Crippen molar-refractivity contribution < 1.29 is 19.4 Å². The molecule has 156 valence electrons. The second-order valence-electron chi connectivity index (χ2n) is 10.3. The van der Waals surface area contributed by atoms with Crippen molar-refractivity contribution in [1.82, 2.24) is 0 Å². The van der Waals surface area contributed by atoms with Gasteiger partial charge in [-0.1, -0.05) is 6.92 Å². The molecule has 4 aliphatic rings. The van der Waals surface area contributed by atoms with Gasteiger partial charge in [0, 0.05) is 5.41 Å². The Morgan fingerprint density at radius 3 is 2.68 bits per heavy atom. The smallest absolute Gasteiger partial charge is 0.348 e. The van der Waals surface area contributed by atoms with Gasteiger partial charge in [-0.3, -0.25) is 9.79 Å². The Labute approximate surface area is 168 Å². The van der Waals surface area contributed by atoms with Crippen LogP contribution in [0.1, 0.15) is 72.1 Å². The molecule has 0 radical (unpaired) electrons. The SMILES string of the molecule is CCOC(=O)/C=N\C1C[C@H]2[C@@H]3CC[C@@H]4C[C@](C)(O)CC[C@@H]4[C@H]3CC[C@]2(C)C1=O. The van der Waals surface area contributed by atoms with Gasteiger partial charge in [-0.05, 0) is 94.8 Å². The molecule has 0 bridgehead atoms. The van der Waals surface area contributed by atoms with Gasteiger partial charge in [-0.25, -0.2) is 4.79 Å². The first-order chi connectivity index (χ1) is 13.2. The highest BCUT2D eigenvalue weighted by Crippen LogP contribution is 2.62.